The highest BCUT2D eigenvalue weighted by Crippen LogP contribution is 2.20. The Kier molecular flexibility index (Phi) is 4.96. The second kappa shape index (κ2) is 6.54. The van der Waals surface area contributed by atoms with Crippen molar-refractivity contribution >= 4 is 5.91 Å². The summed E-state index contributed by atoms with van der Waals surface area (Å²) in [5.74, 6) is -0.356. The molecule has 1 aromatic carbocycles. The number of hydrogen-bond donors (Lipinski definition) is 2. The second-order valence-electron chi connectivity index (χ2n) is 6.01. The number of rotatable bonds is 4. The Bertz CT molecular complexity index is 498. The third-order valence-corrected chi connectivity index (χ3v) is 4.18. The van der Waals surface area contributed by atoms with Crippen molar-refractivity contribution in [1.82, 2.24) is 15.5 Å². The number of amides is 1. The minimum Gasteiger partial charge on any atom is -0.348 e. The molecule has 1 aliphatic heterocycles. The van der Waals surface area contributed by atoms with Gasteiger partial charge < -0.3 is 10.6 Å². The van der Waals surface area contributed by atoms with Gasteiger partial charge >= 0.3 is 0 Å². The maximum absolute atomic E-state index is 13.8. The fourth-order valence-electron chi connectivity index (χ4n) is 2.64. The van der Waals surface area contributed by atoms with Gasteiger partial charge in [-0.2, -0.15) is 0 Å². The third-order valence-electron chi connectivity index (χ3n) is 4.18. The van der Waals surface area contributed by atoms with Gasteiger partial charge in [0.05, 0.1) is 11.6 Å². The number of hydrogen-bond acceptors (Lipinski definition) is 3. The zero-order chi connectivity index (χ0) is 15.5. The van der Waals surface area contributed by atoms with Crippen LogP contribution in [-0.4, -0.2) is 42.5 Å². The normalized spacial score (nSPS) is 18.3. The lowest BCUT2D eigenvalue weighted by Gasteiger charge is -2.40. The molecule has 0 aromatic heterocycles. The van der Waals surface area contributed by atoms with Crippen molar-refractivity contribution in [2.45, 2.75) is 32.4 Å². The van der Waals surface area contributed by atoms with Gasteiger partial charge in [-0.1, -0.05) is 18.2 Å². The maximum Gasteiger partial charge on any atom is 0.240 e. The van der Waals surface area contributed by atoms with Crippen molar-refractivity contribution in [1.29, 1.82) is 0 Å². The molecule has 0 spiro atoms. The monoisotopic (exact) mass is 293 g/mol. The van der Waals surface area contributed by atoms with Crippen LogP contribution in [-0.2, 0) is 4.79 Å². The highest BCUT2D eigenvalue weighted by molar-refractivity contribution is 5.85. The van der Waals surface area contributed by atoms with Crippen molar-refractivity contribution in [2.24, 2.45) is 0 Å². The maximum atomic E-state index is 13.8. The van der Waals surface area contributed by atoms with E-state index in [9.17, 15) is 9.18 Å². The summed E-state index contributed by atoms with van der Waals surface area (Å²) in [5, 5.41) is 6.21. The van der Waals surface area contributed by atoms with Crippen LogP contribution >= 0.6 is 0 Å². The van der Waals surface area contributed by atoms with E-state index in [1.807, 2.05) is 20.8 Å². The van der Waals surface area contributed by atoms with Crippen molar-refractivity contribution in [3.8, 4) is 0 Å². The molecule has 1 atom stereocenters. The van der Waals surface area contributed by atoms with Gasteiger partial charge in [0, 0.05) is 31.7 Å². The van der Waals surface area contributed by atoms with Crippen molar-refractivity contribution < 1.29 is 9.18 Å². The first-order valence-electron chi connectivity index (χ1n) is 7.44. The molecule has 1 unspecified atom stereocenters. The van der Waals surface area contributed by atoms with E-state index in [1.165, 1.54) is 6.07 Å². The van der Waals surface area contributed by atoms with Crippen molar-refractivity contribution in [3.63, 3.8) is 0 Å². The molecule has 5 heteroatoms. The van der Waals surface area contributed by atoms with Crippen LogP contribution in [0.3, 0.4) is 0 Å². The summed E-state index contributed by atoms with van der Waals surface area (Å²) in [7, 11) is 0. The smallest absolute Gasteiger partial charge is 0.240 e. The SMILES string of the molecule is CC(NC(=O)C(C)(C)N1CCNCC1)c1ccccc1F. The van der Waals surface area contributed by atoms with Crippen LogP contribution in [0, 0.1) is 5.82 Å². The lowest BCUT2D eigenvalue weighted by molar-refractivity contribution is -0.132. The van der Waals surface area contributed by atoms with E-state index in [0.717, 1.165) is 26.2 Å². The van der Waals surface area contributed by atoms with E-state index in [4.69, 9.17) is 0 Å². The molecular formula is C16H24FN3O. The van der Waals surface area contributed by atoms with Crippen LogP contribution in [0.5, 0.6) is 0 Å². The van der Waals surface area contributed by atoms with Crippen LogP contribution in [0.15, 0.2) is 24.3 Å². The molecule has 116 valence electrons. The highest BCUT2D eigenvalue weighted by Gasteiger charge is 2.35. The van der Waals surface area contributed by atoms with Crippen LogP contribution in [0.1, 0.15) is 32.4 Å². The third kappa shape index (κ3) is 3.60. The Morgan fingerprint density at radius 3 is 2.57 bits per heavy atom. The molecule has 2 N–H and O–H groups in total. The Morgan fingerprint density at radius 2 is 1.95 bits per heavy atom. The van der Waals surface area contributed by atoms with Gasteiger partial charge in [-0.3, -0.25) is 9.69 Å². The number of nitrogens with one attached hydrogen (secondary N) is 2. The van der Waals surface area contributed by atoms with Gasteiger partial charge in [-0.15, -0.1) is 0 Å². The number of carbonyl (C=O) groups excluding carboxylic acids is 1. The predicted octanol–water partition coefficient (Wildman–Crippen LogP) is 1.69. The molecule has 1 saturated heterocycles. The van der Waals surface area contributed by atoms with Gasteiger partial charge in [0.2, 0.25) is 5.91 Å². The fourth-order valence-corrected chi connectivity index (χ4v) is 2.64. The van der Waals surface area contributed by atoms with Crippen LogP contribution in [0.25, 0.3) is 0 Å². The molecule has 2 rings (SSSR count). The zero-order valence-electron chi connectivity index (χ0n) is 12.9. The molecule has 0 saturated carbocycles. The molecule has 1 amide bonds. The van der Waals surface area contributed by atoms with E-state index in [2.05, 4.69) is 15.5 Å². The van der Waals surface area contributed by atoms with Gasteiger partial charge in [0.1, 0.15) is 5.82 Å². The topological polar surface area (TPSA) is 44.4 Å². The summed E-state index contributed by atoms with van der Waals surface area (Å²) in [5.41, 5.74) is -0.0799. The summed E-state index contributed by atoms with van der Waals surface area (Å²) < 4.78 is 13.8. The summed E-state index contributed by atoms with van der Waals surface area (Å²) in [6.07, 6.45) is 0. The highest BCUT2D eigenvalue weighted by atomic mass is 19.1. The predicted molar refractivity (Wildman–Crippen MR) is 81.5 cm³/mol. The second-order valence-corrected chi connectivity index (χ2v) is 6.01. The Morgan fingerprint density at radius 1 is 1.33 bits per heavy atom. The summed E-state index contributed by atoms with van der Waals surface area (Å²) >= 11 is 0. The first kappa shape index (κ1) is 15.9. The average Bonchev–Trinajstić information content (AvgIpc) is 2.48. The number of carbonyl (C=O) groups is 1. The standard InChI is InChI=1S/C16H24FN3O/c1-12(13-6-4-5-7-14(13)17)19-15(21)16(2,3)20-10-8-18-9-11-20/h4-7,12,18H,8-11H2,1-3H3,(H,19,21). The Labute approximate surface area is 125 Å². The van der Waals surface area contributed by atoms with Gasteiger partial charge in [0.25, 0.3) is 0 Å². The quantitative estimate of drug-likeness (QED) is 0.888. The summed E-state index contributed by atoms with van der Waals surface area (Å²) in [4.78, 5) is 14.7. The molecule has 1 fully saturated rings. The molecule has 21 heavy (non-hydrogen) atoms. The first-order chi connectivity index (χ1) is 9.93. The molecule has 0 bridgehead atoms. The number of piperazine rings is 1. The van der Waals surface area contributed by atoms with E-state index in [-0.39, 0.29) is 17.8 Å². The molecule has 1 aromatic rings. The number of benzene rings is 1. The average molecular weight is 293 g/mol. The van der Waals surface area contributed by atoms with E-state index in [0.29, 0.717) is 5.56 Å². The lowest BCUT2D eigenvalue weighted by atomic mass is 9.99. The van der Waals surface area contributed by atoms with Gasteiger partial charge in [-0.05, 0) is 26.8 Å². The Balaban J connectivity index is 2.04. The molecule has 0 aliphatic carbocycles. The number of nitrogens with zero attached hydrogens (tertiary/aromatic N) is 1. The lowest BCUT2D eigenvalue weighted by Crippen LogP contribution is -2.60. The van der Waals surface area contributed by atoms with Crippen LogP contribution in [0.2, 0.25) is 0 Å². The van der Waals surface area contributed by atoms with E-state index < -0.39 is 5.54 Å². The first-order valence-corrected chi connectivity index (χ1v) is 7.44. The molecule has 1 heterocycles. The van der Waals surface area contributed by atoms with Gasteiger partial charge in [-0.25, -0.2) is 4.39 Å². The molecular weight excluding hydrogens is 269 g/mol. The largest absolute Gasteiger partial charge is 0.348 e. The van der Waals surface area contributed by atoms with E-state index in [1.54, 1.807) is 18.2 Å². The van der Waals surface area contributed by atoms with Crippen LogP contribution in [0.4, 0.5) is 4.39 Å². The Hall–Kier alpha value is -1.46. The van der Waals surface area contributed by atoms with Gasteiger partial charge in [0.15, 0.2) is 0 Å². The van der Waals surface area contributed by atoms with Crippen molar-refractivity contribution in [2.75, 3.05) is 26.2 Å². The zero-order valence-corrected chi connectivity index (χ0v) is 12.9. The van der Waals surface area contributed by atoms with E-state index >= 15 is 0 Å². The summed E-state index contributed by atoms with van der Waals surface area (Å²) in [6, 6.07) is 6.21. The fraction of sp³-hybridized carbons (Fsp3) is 0.562. The molecule has 1 aliphatic rings. The minimum absolute atomic E-state index is 0.0693. The van der Waals surface area contributed by atoms with Crippen LogP contribution < -0.4 is 10.6 Å². The summed E-state index contributed by atoms with van der Waals surface area (Å²) in [6.45, 7) is 9.11. The minimum atomic E-state index is -0.596. The molecule has 4 nitrogen and oxygen atoms in total. The number of halogens is 1. The van der Waals surface area contributed by atoms with Crippen molar-refractivity contribution in [3.05, 3.63) is 35.6 Å². The molecule has 0 radical (unpaired) electrons.